The Morgan fingerprint density at radius 2 is 1.93 bits per heavy atom. The van der Waals surface area contributed by atoms with E-state index in [1.807, 2.05) is 47.4 Å². The summed E-state index contributed by atoms with van der Waals surface area (Å²) in [6, 6.07) is 14.0. The van der Waals surface area contributed by atoms with Crippen molar-refractivity contribution in [2.75, 3.05) is 18.0 Å². The van der Waals surface area contributed by atoms with E-state index < -0.39 is 0 Å². The minimum atomic E-state index is 0.00874. The summed E-state index contributed by atoms with van der Waals surface area (Å²) >= 11 is 0. The molecule has 0 saturated carbocycles. The van der Waals surface area contributed by atoms with Crippen LogP contribution < -0.4 is 10.2 Å². The second kappa shape index (κ2) is 7.99. The van der Waals surface area contributed by atoms with Gasteiger partial charge < -0.3 is 14.6 Å². The van der Waals surface area contributed by atoms with Gasteiger partial charge >= 0.3 is 6.01 Å². The highest BCUT2D eigenvalue weighted by Crippen LogP contribution is 2.25. The molecule has 7 nitrogen and oxygen atoms in total. The maximum Gasteiger partial charge on any atom is 0.318 e. The van der Waals surface area contributed by atoms with Gasteiger partial charge in [0.25, 0.3) is 0 Å². The molecule has 1 fully saturated rings. The predicted molar refractivity (Wildman–Crippen MR) is 101 cm³/mol. The normalized spacial score (nSPS) is 14.9. The summed E-state index contributed by atoms with van der Waals surface area (Å²) < 4.78 is 5.81. The van der Waals surface area contributed by atoms with Gasteiger partial charge in [-0.05, 0) is 36.6 Å². The number of hydrogen-bond donors (Lipinski definition) is 1. The summed E-state index contributed by atoms with van der Waals surface area (Å²) in [5, 5.41) is 11.3. The lowest BCUT2D eigenvalue weighted by molar-refractivity contribution is -0.125. The molecule has 1 N–H and O–H groups in total. The molecule has 0 aliphatic carbocycles. The number of nitrogens with one attached hydrogen (secondary N) is 1. The lowest BCUT2D eigenvalue weighted by Crippen LogP contribution is -2.40. The van der Waals surface area contributed by atoms with Crippen LogP contribution in [0.4, 0.5) is 6.01 Å². The molecule has 3 heterocycles. The molecule has 0 radical (unpaired) electrons. The molecule has 0 atom stereocenters. The van der Waals surface area contributed by atoms with Crippen molar-refractivity contribution in [1.29, 1.82) is 0 Å². The third-order valence-corrected chi connectivity index (χ3v) is 4.76. The first-order valence-corrected chi connectivity index (χ1v) is 9.10. The van der Waals surface area contributed by atoms with Crippen LogP contribution in [-0.2, 0) is 11.3 Å². The van der Waals surface area contributed by atoms with Gasteiger partial charge in [0.15, 0.2) is 0 Å². The van der Waals surface area contributed by atoms with Crippen molar-refractivity contribution in [2.45, 2.75) is 19.4 Å². The van der Waals surface area contributed by atoms with Crippen LogP contribution in [0.3, 0.4) is 0 Å². The predicted octanol–water partition coefficient (Wildman–Crippen LogP) is 2.66. The van der Waals surface area contributed by atoms with E-state index in [9.17, 15) is 4.79 Å². The fraction of sp³-hybridized carbons (Fsp3) is 0.300. The molecule has 0 spiro atoms. The largest absolute Gasteiger partial charge is 0.403 e. The van der Waals surface area contributed by atoms with Crippen LogP contribution in [0.2, 0.25) is 0 Å². The molecule has 0 unspecified atom stereocenters. The van der Waals surface area contributed by atoms with Crippen LogP contribution in [0.15, 0.2) is 59.3 Å². The standard InChI is InChI=1S/C20H21N5O2/c26-18(22-14-15-5-4-10-21-13-15)16-8-11-25(12-9-16)20-24-23-19(27-20)17-6-2-1-3-7-17/h1-7,10,13,16H,8-9,11-12,14H2,(H,22,26). The number of benzene rings is 1. The Labute approximate surface area is 157 Å². The molecule has 2 aromatic heterocycles. The Morgan fingerprint density at radius 1 is 1.11 bits per heavy atom. The first-order chi connectivity index (χ1) is 13.3. The summed E-state index contributed by atoms with van der Waals surface area (Å²) in [4.78, 5) is 18.5. The first-order valence-electron chi connectivity index (χ1n) is 9.10. The van der Waals surface area contributed by atoms with Crippen LogP contribution in [-0.4, -0.2) is 34.2 Å². The summed E-state index contributed by atoms with van der Waals surface area (Å²) in [5.74, 6) is 0.616. The number of piperidine rings is 1. The third kappa shape index (κ3) is 4.13. The summed E-state index contributed by atoms with van der Waals surface area (Å²) in [6.07, 6.45) is 5.02. The van der Waals surface area contributed by atoms with Crippen LogP contribution in [0.1, 0.15) is 18.4 Å². The van der Waals surface area contributed by atoms with Gasteiger partial charge in [0.05, 0.1) is 0 Å². The summed E-state index contributed by atoms with van der Waals surface area (Å²) in [5.41, 5.74) is 1.91. The van der Waals surface area contributed by atoms with Gasteiger partial charge in [-0.1, -0.05) is 29.4 Å². The summed E-state index contributed by atoms with van der Waals surface area (Å²) in [7, 11) is 0. The van der Waals surface area contributed by atoms with E-state index in [-0.39, 0.29) is 11.8 Å². The van der Waals surface area contributed by atoms with Crippen LogP contribution in [0, 0.1) is 5.92 Å². The van der Waals surface area contributed by atoms with Gasteiger partial charge in [-0.2, -0.15) is 0 Å². The fourth-order valence-electron chi connectivity index (χ4n) is 3.21. The average Bonchev–Trinajstić information content (AvgIpc) is 3.24. The zero-order valence-corrected chi connectivity index (χ0v) is 14.9. The number of pyridine rings is 1. The molecule has 4 rings (SSSR count). The van der Waals surface area contributed by atoms with Crippen LogP contribution in [0.5, 0.6) is 0 Å². The molecule has 1 aliphatic heterocycles. The minimum Gasteiger partial charge on any atom is -0.403 e. The average molecular weight is 363 g/mol. The van der Waals surface area contributed by atoms with Gasteiger partial charge in [-0.3, -0.25) is 9.78 Å². The van der Waals surface area contributed by atoms with E-state index in [1.165, 1.54) is 0 Å². The van der Waals surface area contributed by atoms with E-state index in [0.29, 0.717) is 18.5 Å². The van der Waals surface area contributed by atoms with Crippen molar-refractivity contribution >= 4 is 11.9 Å². The third-order valence-electron chi connectivity index (χ3n) is 4.76. The van der Waals surface area contributed by atoms with Crippen LogP contribution >= 0.6 is 0 Å². The highest BCUT2D eigenvalue weighted by Gasteiger charge is 2.27. The van der Waals surface area contributed by atoms with Crippen molar-refractivity contribution in [2.24, 2.45) is 5.92 Å². The number of carbonyl (C=O) groups excluding carboxylic acids is 1. The second-order valence-electron chi connectivity index (χ2n) is 6.60. The number of aromatic nitrogens is 3. The molecule has 1 amide bonds. The molecule has 27 heavy (non-hydrogen) atoms. The Kier molecular flexibility index (Phi) is 5.09. The number of anilines is 1. The number of amides is 1. The Bertz CT molecular complexity index is 874. The van der Waals surface area contributed by atoms with E-state index in [2.05, 4.69) is 20.5 Å². The van der Waals surface area contributed by atoms with Crippen molar-refractivity contribution in [3.63, 3.8) is 0 Å². The highest BCUT2D eigenvalue weighted by atomic mass is 16.4. The number of carbonyl (C=O) groups is 1. The molecular formula is C20H21N5O2. The van der Waals surface area contributed by atoms with Gasteiger partial charge in [-0.15, -0.1) is 5.10 Å². The SMILES string of the molecule is O=C(NCc1cccnc1)C1CCN(c2nnc(-c3ccccc3)o2)CC1. The van der Waals surface area contributed by atoms with E-state index >= 15 is 0 Å². The van der Waals surface area contributed by atoms with Gasteiger partial charge in [0.1, 0.15) is 0 Å². The molecular weight excluding hydrogens is 342 g/mol. The molecule has 1 aliphatic rings. The summed E-state index contributed by atoms with van der Waals surface area (Å²) in [6.45, 7) is 1.96. The molecule has 3 aromatic rings. The lowest BCUT2D eigenvalue weighted by atomic mass is 9.96. The molecule has 138 valence electrons. The van der Waals surface area contributed by atoms with Gasteiger partial charge in [0, 0.05) is 43.5 Å². The van der Waals surface area contributed by atoms with Crippen molar-refractivity contribution in [1.82, 2.24) is 20.5 Å². The Morgan fingerprint density at radius 3 is 2.67 bits per heavy atom. The van der Waals surface area contributed by atoms with E-state index in [4.69, 9.17) is 4.42 Å². The molecule has 0 bridgehead atoms. The van der Waals surface area contributed by atoms with E-state index in [1.54, 1.807) is 12.4 Å². The first kappa shape index (κ1) is 17.2. The topological polar surface area (TPSA) is 84.2 Å². The van der Waals surface area contributed by atoms with Crippen molar-refractivity contribution in [3.8, 4) is 11.5 Å². The zero-order valence-electron chi connectivity index (χ0n) is 14.9. The maximum absolute atomic E-state index is 12.4. The molecule has 1 saturated heterocycles. The maximum atomic E-state index is 12.4. The second-order valence-corrected chi connectivity index (χ2v) is 6.60. The fourth-order valence-corrected chi connectivity index (χ4v) is 3.21. The Balaban J connectivity index is 1.30. The van der Waals surface area contributed by atoms with Crippen molar-refractivity contribution in [3.05, 3.63) is 60.4 Å². The smallest absolute Gasteiger partial charge is 0.318 e. The Hall–Kier alpha value is -3.22. The van der Waals surface area contributed by atoms with Crippen molar-refractivity contribution < 1.29 is 9.21 Å². The van der Waals surface area contributed by atoms with E-state index in [0.717, 1.165) is 37.1 Å². The highest BCUT2D eigenvalue weighted by molar-refractivity contribution is 5.78. The minimum absolute atomic E-state index is 0.00874. The molecule has 1 aromatic carbocycles. The number of hydrogen-bond acceptors (Lipinski definition) is 6. The number of rotatable bonds is 5. The lowest BCUT2D eigenvalue weighted by Gasteiger charge is -2.29. The monoisotopic (exact) mass is 363 g/mol. The zero-order chi connectivity index (χ0) is 18.5. The molecule has 7 heteroatoms. The number of nitrogens with zero attached hydrogens (tertiary/aromatic N) is 4. The van der Waals surface area contributed by atoms with Gasteiger partial charge in [-0.25, -0.2) is 0 Å². The van der Waals surface area contributed by atoms with Crippen LogP contribution in [0.25, 0.3) is 11.5 Å². The van der Waals surface area contributed by atoms with Gasteiger partial charge in [0.2, 0.25) is 11.8 Å². The quantitative estimate of drug-likeness (QED) is 0.750.